The number of hydrogen-bond acceptors (Lipinski definition) is 3. The molecule has 8 heteroatoms. The second-order valence-corrected chi connectivity index (χ2v) is 7.99. The predicted octanol–water partition coefficient (Wildman–Crippen LogP) is 6.86. The van der Waals surface area contributed by atoms with Crippen LogP contribution in [-0.4, -0.2) is 33.9 Å². The summed E-state index contributed by atoms with van der Waals surface area (Å²) in [5.74, 6) is -1.89. The Kier molecular flexibility index (Phi) is 8.89. The lowest BCUT2D eigenvalue weighted by atomic mass is 10.0. The van der Waals surface area contributed by atoms with E-state index in [1.54, 1.807) is 7.11 Å². The van der Waals surface area contributed by atoms with Crippen molar-refractivity contribution in [3.8, 4) is 28.1 Å². The van der Waals surface area contributed by atoms with Crippen molar-refractivity contribution in [2.24, 2.45) is 0 Å². The van der Waals surface area contributed by atoms with E-state index in [1.807, 2.05) is 24.5 Å². The van der Waals surface area contributed by atoms with E-state index in [0.29, 0.717) is 0 Å². The predicted molar refractivity (Wildman–Crippen MR) is 133 cm³/mol. The van der Waals surface area contributed by atoms with Gasteiger partial charge in [0.15, 0.2) is 0 Å². The Labute approximate surface area is 207 Å². The maximum atomic E-state index is 10.6. The fraction of sp³-hybridized carbons (Fsp3) is 0.214. The Morgan fingerprint density at radius 2 is 1.61 bits per heavy atom. The molecule has 36 heavy (non-hydrogen) atoms. The zero-order valence-corrected chi connectivity index (χ0v) is 20.0. The van der Waals surface area contributed by atoms with Crippen molar-refractivity contribution in [3.63, 3.8) is 0 Å². The fourth-order valence-electron chi connectivity index (χ4n) is 3.78. The maximum absolute atomic E-state index is 10.6. The number of para-hydroxylation sites is 1. The van der Waals surface area contributed by atoms with E-state index in [0.717, 1.165) is 36.4 Å². The topological polar surface area (TPSA) is 64.4 Å². The minimum atomic E-state index is -5.08. The monoisotopic (exact) mass is 496 g/mol. The molecule has 4 aromatic rings. The van der Waals surface area contributed by atoms with Crippen LogP contribution >= 0.6 is 0 Å². The largest absolute Gasteiger partial charge is 0.496 e. The van der Waals surface area contributed by atoms with Gasteiger partial charge in [0.25, 0.3) is 0 Å². The van der Waals surface area contributed by atoms with E-state index in [4.69, 9.17) is 19.6 Å². The van der Waals surface area contributed by atoms with Crippen molar-refractivity contribution in [3.05, 3.63) is 96.4 Å². The number of aromatic nitrogens is 2. The lowest BCUT2D eigenvalue weighted by molar-refractivity contribution is -0.192. The molecule has 0 atom stereocenters. The normalized spacial score (nSPS) is 10.9. The molecule has 0 aliphatic rings. The highest BCUT2D eigenvalue weighted by Crippen LogP contribution is 2.32. The summed E-state index contributed by atoms with van der Waals surface area (Å²) in [5.41, 5.74) is 7.07. The van der Waals surface area contributed by atoms with Crippen LogP contribution in [0.25, 0.3) is 22.4 Å². The lowest BCUT2D eigenvalue weighted by Crippen LogP contribution is -2.21. The molecule has 5 nitrogen and oxygen atoms in total. The van der Waals surface area contributed by atoms with Gasteiger partial charge < -0.3 is 14.4 Å². The molecule has 1 N–H and O–H groups in total. The van der Waals surface area contributed by atoms with Gasteiger partial charge in [-0.15, -0.1) is 0 Å². The molecule has 0 spiro atoms. The van der Waals surface area contributed by atoms with Crippen molar-refractivity contribution in [2.75, 3.05) is 7.11 Å². The molecule has 0 radical (unpaired) electrons. The van der Waals surface area contributed by atoms with E-state index in [2.05, 4.69) is 72.2 Å². The average molecular weight is 497 g/mol. The first-order valence-electron chi connectivity index (χ1n) is 11.4. The highest BCUT2D eigenvalue weighted by Gasteiger charge is 2.38. The number of imidazole rings is 1. The molecule has 1 aromatic heterocycles. The van der Waals surface area contributed by atoms with E-state index in [1.165, 1.54) is 22.4 Å². The minimum absolute atomic E-state index is 0.804. The van der Waals surface area contributed by atoms with Gasteiger partial charge in [-0.1, -0.05) is 74.0 Å². The van der Waals surface area contributed by atoms with Crippen LogP contribution in [0.15, 0.2) is 85.2 Å². The van der Waals surface area contributed by atoms with Gasteiger partial charge in [0.2, 0.25) is 0 Å². The Hall–Kier alpha value is -4.07. The van der Waals surface area contributed by atoms with E-state index >= 15 is 0 Å². The molecule has 0 aliphatic carbocycles. The number of carboxylic acids is 1. The Morgan fingerprint density at radius 1 is 0.972 bits per heavy atom. The highest BCUT2D eigenvalue weighted by molar-refractivity contribution is 5.73. The molecular weight excluding hydrogens is 469 g/mol. The van der Waals surface area contributed by atoms with Gasteiger partial charge in [-0.25, -0.2) is 9.78 Å². The number of rotatable bonds is 7. The number of benzene rings is 3. The first kappa shape index (κ1) is 26.5. The van der Waals surface area contributed by atoms with Gasteiger partial charge in [-0.05, 0) is 41.3 Å². The van der Waals surface area contributed by atoms with E-state index in [9.17, 15) is 13.2 Å². The summed E-state index contributed by atoms with van der Waals surface area (Å²) < 4.78 is 39.6. The average Bonchev–Trinajstić information content (AvgIpc) is 3.26. The SMILES string of the molecule is CCCc1c(-c2ccccc2OC)ncn1Cc1cccc(-c2ccccc2)c1.O=C(O)C(F)(F)F. The Bertz CT molecular complexity index is 1280. The summed E-state index contributed by atoms with van der Waals surface area (Å²) in [5, 5.41) is 7.12. The third kappa shape index (κ3) is 6.75. The number of halogens is 3. The lowest BCUT2D eigenvalue weighted by Gasteiger charge is -2.12. The highest BCUT2D eigenvalue weighted by atomic mass is 19.4. The molecule has 188 valence electrons. The standard InChI is InChI=1S/C26H26N2O.C2HF3O2/c1-3-10-24-26(23-15-7-8-16-25(23)29-2)27-19-28(24)18-20-11-9-14-22(17-20)21-12-5-4-6-13-21;3-2(4,5)1(6)7/h4-9,11-17,19H,3,10,18H2,1-2H3;(H,6,7). The van der Waals surface area contributed by atoms with Crippen molar-refractivity contribution in [1.82, 2.24) is 9.55 Å². The molecule has 0 amide bonds. The molecular formula is C28H27F3N2O3. The van der Waals surface area contributed by atoms with Gasteiger partial charge >= 0.3 is 12.1 Å². The van der Waals surface area contributed by atoms with Gasteiger partial charge in [0.05, 0.1) is 19.1 Å². The van der Waals surface area contributed by atoms with Crippen LogP contribution < -0.4 is 4.74 Å². The molecule has 0 bridgehead atoms. The smallest absolute Gasteiger partial charge is 0.490 e. The van der Waals surface area contributed by atoms with Crippen LogP contribution in [0.2, 0.25) is 0 Å². The van der Waals surface area contributed by atoms with Crippen molar-refractivity contribution in [1.29, 1.82) is 0 Å². The van der Waals surface area contributed by atoms with Crippen molar-refractivity contribution >= 4 is 5.97 Å². The zero-order chi connectivity index (χ0) is 26.1. The summed E-state index contributed by atoms with van der Waals surface area (Å²) in [4.78, 5) is 13.7. The molecule has 3 aromatic carbocycles. The number of aliphatic carboxylic acids is 1. The van der Waals surface area contributed by atoms with E-state index < -0.39 is 12.1 Å². The third-order valence-corrected chi connectivity index (χ3v) is 5.42. The number of ether oxygens (including phenoxy) is 1. The van der Waals surface area contributed by atoms with Gasteiger partial charge in [0, 0.05) is 17.8 Å². The van der Waals surface area contributed by atoms with Gasteiger partial charge in [-0.2, -0.15) is 13.2 Å². The van der Waals surface area contributed by atoms with Crippen LogP contribution in [0, 0.1) is 0 Å². The summed E-state index contributed by atoms with van der Waals surface area (Å²) in [6.45, 7) is 3.01. The van der Waals surface area contributed by atoms with Crippen molar-refractivity contribution in [2.45, 2.75) is 32.5 Å². The molecule has 1 heterocycles. The number of alkyl halides is 3. The summed E-state index contributed by atoms with van der Waals surface area (Å²) in [6.07, 6.45) is -1.08. The number of hydrogen-bond donors (Lipinski definition) is 1. The molecule has 0 saturated carbocycles. The first-order valence-corrected chi connectivity index (χ1v) is 11.4. The van der Waals surface area contributed by atoms with Gasteiger partial charge in [-0.3, -0.25) is 0 Å². The molecule has 0 fully saturated rings. The molecule has 0 unspecified atom stereocenters. The maximum Gasteiger partial charge on any atom is 0.490 e. The third-order valence-electron chi connectivity index (χ3n) is 5.42. The Balaban J connectivity index is 0.000000454. The number of methoxy groups -OCH3 is 1. The van der Waals surface area contributed by atoms with Crippen LogP contribution in [0.3, 0.4) is 0 Å². The summed E-state index contributed by atoms with van der Waals surface area (Å²) in [6, 6.07) is 27.4. The summed E-state index contributed by atoms with van der Waals surface area (Å²) in [7, 11) is 1.71. The van der Waals surface area contributed by atoms with Crippen molar-refractivity contribution < 1.29 is 27.8 Å². The number of nitrogens with zero attached hydrogens (tertiary/aromatic N) is 2. The second-order valence-electron chi connectivity index (χ2n) is 7.99. The van der Waals surface area contributed by atoms with Crippen LogP contribution in [-0.2, 0) is 17.8 Å². The Morgan fingerprint density at radius 3 is 2.25 bits per heavy atom. The minimum Gasteiger partial charge on any atom is -0.496 e. The van der Waals surface area contributed by atoms with Gasteiger partial charge in [0.1, 0.15) is 5.75 Å². The summed E-state index contributed by atoms with van der Waals surface area (Å²) >= 11 is 0. The van der Waals surface area contributed by atoms with E-state index in [-0.39, 0.29) is 0 Å². The second kappa shape index (κ2) is 12.1. The quantitative estimate of drug-likeness (QED) is 0.304. The number of carbonyl (C=O) groups is 1. The molecule has 4 rings (SSSR count). The number of carboxylic acid groups (broad SMARTS) is 1. The zero-order valence-electron chi connectivity index (χ0n) is 20.0. The fourth-order valence-corrected chi connectivity index (χ4v) is 3.78. The molecule has 0 aliphatic heterocycles. The van der Waals surface area contributed by atoms with Crippen LogP contribution in [0.4, 0.5) is 13.2 Å². The van der Waals surface area contributed by atoms with Crippen LogP contribution in [0.5, 0.6) is 5.75 Å². The van der Waals surface area contributed by atoms with Crippen LogP contribution in [0.1, 0.15) is 24.6 Å². The first-order chi connectivity index (χ1) is 17.2. The molecule has 0 saturated heterocycles.